The quantitative estimate of drug-likeness (QED) is 0.304. The van der Waals surface area contributed by atoms with Crippen LogP contribution in [0.4, 0.5) is 5.82 Å². The summed E-state index contributed by atoms with van der Waals surface area (Å²) in [5.41, 5.74) is 2.80. The predicted octanol–water partition coefficient (Wildman–Crippen LogP) is 5.00. The van der Waals surface area contributed by atoms with E-state index in [2.05, 4.69) is 10.3 Å². The summed E-state index contributed by atoms with van der Waals surface area (Å²) in [6, 6.07) is 10.8. The van der Waals surface area contributed by atoms with Gasteiger partial charge in [0.1, 0.15) is 5.82 Å². The molecule has 10 heteroatoms. The molecule has 1 aliphatic heterocycles. The van der Waals surface area contributed by atoms with Crippen LogP contribution in [0.3, 0.4) is 0 Å². The Morgan fingerprint density at radius 2 is 1.86 bits per heavy atom. The molecule has 3 N–H and O–H groups in total. The second-order valence-corrected chi connectivity index (χ2v) is 9.89. The van der Waals surface area contributed by atoms with Gasteiger partial charge in [0.15, 0.2) is 22.4 Å². The lowest BCUT2D eigenvalue weighted by Gasteiger charge is -2.33. The molecular formula is C26H24ClN3O5S. The molecule has 2 heterocycles. The Bertz CT molecular complexity index is 1430. The fourth-order valence-corrected chi connectivity index (χ4v) is 5.83. The highest BCUT2D eigenvalue weighted by molar-refractivity contribution is 7.98. The van der Waals surface area contributed by atoms with Crippen LogP contribution in [0.15, 0.2) is 57.6 Å². The highest BCUT2D eigenvalue weighted by Crippen LogP contribution is 2.47. The van der Waals surface area contributed by atoms with E-state index < -0.39 is 5.92 Å². The molecule has 0 saturated heterocycles. The minimum Gasteiger partial charge on any atom is -0.502 e. The average Bonchev–Trinajstić information content (AvgIpc) is 2.87. The molecule has 0 spiro atoms. The lowest BCUT2D eigenvalue weighted by Crippen LogP contribution is -2.32. The van der Waals surface area contributed by atoms with Crippen LogP contribution in [0.1, 0.15) is 41.9 Å². The number of Topliss-reactive ketones (excluding diaryl/α,β-unsaturated/α-hetero) is 1. The van der Waals surface area contributed by atoms with Gasteiger partial charge in [0.2, 0.25) is 5.75 Å². The number of thioether (sulfide) groups is 1. The summed E-state index contributed by atoms with van der Waals surface area (Å²) in [4.78, 5) is 34.2. The summed E-state index contributed by atoms with van der Waals surface area (Å²) in [6.07, 6.45) is 1.78. The van der Waals surface area contributed by atoms with Crippen LogP contribution in [0.25, 0.3) is 0 Å². The maximum absolute atomic E-state index is 13.5. The molecule has 3 aromatic rings. The van der Waals surface area contributed by atoms with Crippen LogP contribution in [-0.4, -0.2) is 35.1 Å². The molecule has 0 amide bonds. The highest BCUT2D eigenvalue weighted by Gasteiger charge is 2.38. The number of hydrogen-bond acceptors (Lipinski definition) is 8. The van der Waals surface area contributed by atoms with E-state index in [0.29, 0.717) is 57.7 Å². The number of carbonyl (C=O) groups is 1. The molecule has 0 radical (unpaired) electrons. The number of allylic oxidation sites excluding steroid dienone is 2. The second-order valence-electron chi connectivity index (χ2n) is 8.51. The van der Waals surface area contributed by atoms with E-state index in [1.807, 2.05) is 24.3 Å². The molecule has 0 saturated carbocycles. The molecule has 1 aromatic heterocycles. The van der Waals surface area contributed by atoms with E-state index in [9.17, 15) is 14.7 Å². The van der Waals surface area contributed by atoms with Gasteiger partial charge in [0, 0.05) is 34.4 Å². The van der Waals surface area contributed by atoms with E-state index in [-0.39, 0.29) is 28.6 Å². The maximum atomic E-state index is 13.5. The first-order chi connectivity index (χ1) is 17.4. The van der Waals surface area contributed by atoms with Crippen molar-refractivity contribution in [1.82, 2.24) is 9.97 Å². The van der Waals surface area contributed by atoms with Crippen LogP contribution in [0, 0.1) is 0 Å². The van der Waals surface area contributed by atoms with E-state index in [4.69, 9.17) is 26.1 Å². The number of aromatic amines is 1. The fraction of sp³-hybridized carbons (Fsp3) is 0.269. The highest BCUT2D eigenvalue weighted by atomic mass is 35.5. The summed E-state index contributed by atoms with van der Waals surface area (Å²) < 4.78 is 10.7. The number of carbonyl (C=O) groups excluding carboxylic acids is 1. The molecule has 1 atom stereocenters. The van der Waals surface area contributed by atoms with E-state index in [1.54, 1.807) is 12.1 Å². The van der Waals surface area contributed by atoms with Crippen molar-refractivity contribution >= 4 is 35.0 Å². The molecule has 2 aromatic carbocycles. The number of methoxy groups -OCH3 is 2. The van der Waals surface area contributed by atoms with Gasteiger partial charge < -0.3 is 24.9 Å². The minimum absolute atomic E-state index is 0.0259. The van der Waals surface area contributed by atoms with Gasteiger partial charge in [0.05, 0.1) is 19.8 Å². The van der Waals surface area contributed by atoms with E-state index in [0.717, 1.165) is 11.3 Å². The van der Waals surface area contributed by atoms with Crippen molar-refractivity contribution < 1.29 is 19.4 Å². The van der Waals surface area contributed by atoms with Gasteiger partial charge in [-0.2, -0.15) is 0 Å². The summed E-state index contributed by atoms with van der Waals surface area (Å²) in [7, 11) is 2.86. The smallest absolute Gasteiger partial charge is 0.257 e. The Kier molecular flexibility index (Phi) is 6.68. The number of phenols is 1. The second kappa shape index (κ2) is 9.91. The van der Waals surface area contributed by atoms with Crippen molar-refractivity contribution in [3.63, 3.8) is 0 Å². The van der Waals surface area contributed by atoms with Crippen LogP contribution in [0.2, 0.25) is 5.02 Å². The molecule has 1 unspecified atom stereocenters. The Labute approximate surface area is 216 Å². The molecule has 5 rings (SSSR count). The Morgan fingerprint density at radius 1 is 1.14 bits per heavy atom. The lowest BCUT2D eigenvalue weighted by molar-refractivity contribution is -0.116. The number of anilines is 1. The van der Waals surface area contributed by atoms with Crippen LogP contribution in [-0.2, 0) is 10.5 Å². The largest absolute Gasteiger partial charge is 0.502 e. The topological polar surface area (TPSA) is 114 Å². The van der Waals surface area contributed by atoms with Gasteiger partial charge >= 0.3 is 0 Å². The van der Waals surface area contributed by atoms with Crippen molar-refractivity contribution in [1.29, 1.82) is 0 Å². The SMILES string of the molecule is COc1cc(C2C3=C(CCCC3=O)Nc3nc(SCc4ccccc4Cl)[nH]c(=O)c32)cc(OC)c1O. The summed E-state index contributed by atoms with van der Waals surface area (Å²) in [5.74, 6) is 0.444. The number of H-pyrrole nitrogens is 1. The number of aromatic hydroxyl groups is 1. The zero-order valence-electron chi connectivity index (χ0n) is 19.7. The number of rotatable bonds is 6. The van der Waals surface area contributed by atoms with Gasteiger partial charge in [-0.1, -0.05) is 41.6 Å². The van der Waals surface area contributed by atoms with E-state index in [1.165, 1.54) is 26.0 Å². The zero-order valence-corrected chi connectivity index (χ0v) is 21.3. The van der Waals surface area contributed by atoms with E-state index >= 15 is 0 Å². The van der Waals surface area contributed by atoms with Crippen molar-refractivity contribution in [3.8, 4) is 17.2 Å². The zero-order chi connectivity index (χ0) is 25.4. The first-order valence-corrected chi connectivity index (χ1v) is 12.8. The monoisotopic (exact) mass is 525 g/mol. The predicted molar refractivity (Wildman–Crippen MR) is 138 cm³/mol. The van der Waals surface area contributed by atoms with Crippen molar-refractivity contribution in [2.75, 3.05) is 19.5 Å². The number of hydrogen-bond donors (Lipinski definition) is 3. The number of halogens is 1. The normalized spacial score (nSPS) is 16.8. The number of nitrogens with one attached hydrogen (secondary N) is 2. The summed E-state index contributed by atoms with van der Waals surface area (Å²) >= 11 is 7.65. The Morgan fingerprint density at radius 3 is 2.56 bits per heavy atom. The number of aromatic nitrogens is 2. The minimum atomic E-state index is -0.689. The van der Waals surface area contributed by atoms with Gasteiger partial charge in [-0.15, -0.1) is 0 Å². The maximum Gasteiger partial charge on any atom is 0.257 e. The van der Waals surface area contributed by atoms with Crippen molar-refractivity contribution in [2.24, 2.45) is 0 Å². The standard InChI is InChI=1S/C26H24ClN3O5S/c1-34-18-10-14(11-19(35-2)23(18)32)20-21-16(8-5-9-17(21)31)28-24-22(20)25(33)30-26(29-24)36-12-13-6-3-4-7-15(13)27/h3-4,6-7,10-11,20,32H,5,8-9,12H2,1-2H3,(H2,28,29,30,33). The molecule has 2 aliphatic rings. The molecular weight excluding hydrogens is 502 g/mol. The molecule has 0 fully saturated rings. The Hall–Kier alpha value is -3.43. The van der Waals surface area contributed by atoms with Crippen LogP contribution < -0.4 is 20.3 Å². The van der Waals surface area contributed by atoms with Gasteiger partial charge in [-0.25, -0.2) is 4.98 Å². The van der Waals surface area contributed by atoms with Gasteiger partial charge in [-0.3, -0.25) is 9.59 Å². The van der Waals surface area contributed by atoms with Crippen LogP contribution in [0.5, 0.6) is 17.2 Å². The number of ketones is 1. The number of nitrogens with zero attached hydrogens (tertiary/aromatic N) is 1. The first-order valence-electron chi connectivity index (χ1n) is 11.4. The average molecular weight is 526 g/mol. The summed E-state index contributed by atoms with van der Waals surface area (Å²) in [5, 5.41) is 14.8. The molecule has 1 aliphatic carbocycles. The number of benzene rings is 2. The molecule has 8 nitrogen and oxygen atoms in total. The Balaban J connectivity index is 1.62. The van der Waals surface area contributed by atoms with Crippen molar-refractivity contribution in [3.05, 3.63) is 79.7 Å². The number of phenolic OH excluding ortho intramolecular Hbond substituents is 1. The molecule has 186 valence electrons. The molecule has 36 heavy (non-hydrogen) atoms. The van der Waals surface area contributed by atoms with Crippen molar-refractivity contribution in [2.45, 2.75) is 36.1 Å². The third kappa shape index (κ3) is 4.33. The first kappa shape index (κ1) is 24.3. The van der Waals surface area contributed by atoms with Gasteiger partial charge in [0.25, 0.3) is 5.56 Å². The van der Waals surface area contributed by atoms with Crippen LogP contribution >= 0.6 is 23.4 Å². The fourth-order valence-electron chi connectivity index (χ4n) is 4.68. The lowest BCUT2D eigenvalue weighted by atomic mass is 9.76. The third-order valence-corrected chi connectivity index (χ3v) is 7.68. The molecule has 0 bridgehead atoms. The number of ether oxygens (including phenoxy) is 2. The van der Waals surface area contributed by atoms with Gasteiger partial charge in [-0.05, 0) is 42.2 Å². The number of fused-ring (bicyclic) bond motifs is 1. The third-order valence-electron chi connectivity index (χ3n) is 6.39. The summed E-state index contributed by atoms with van der Waals surface area (Å²) in [6.45, 7) is 0.